The van der Waals surface area contributed by atoms with Crippen molar-refractivity contribution in [1.82, 2.24) is 9.55 Å². The predicted octanol–water partition coefficient (Wildman–Crippen LogP) is 4.71. The molecule has 3 aromatic rings. The van der Waals surface area contributed by atoms with Crippen LogP contribution < -0.4 is 5.73 Å². The minimum atomic E-state index is 0.377. The second-order valence-electron chi connectivity index (χ2n) is 6.39. The first-order valence-corrected chi connectivity index (χ1v) is 8.39. The van der Waals surface area contributed by atoms with E-state index in [4.69, 9.17) is 17.3 Å². The molecule has 1 aromatic heterocycles. The number of imidazole rings is 1. The number of aryl methyl sites for hydroxylation is 2. The molecule has 2 N–H and O–H groups in total. The lowest BCUT2D eigenvalue weighted by molar-refractivity contribution is 0.650. The summed E-state index contributed by atoms with van der Waals surface area (Å²) < 4.78 is 1.90. The van der Waals surface area contributed by atoms with E-state index in [9.17, 15) is 0 Å². The molecule has 0 amide bonds. The van der Waals surface area contributed by atoms with Crippen LogP contribution in [0.1, 0.15) is 25.0 Å². The molecule has 120 valence electrons. The van der Waals surface area contributed by atoms with Gasteiger partial charge in [-0.25, -0.2) is 4.98 Å². The summed E-state index contributed by atoms with van der Waals surface area (Å²) in [4.78, 5) is 4.04. The lowest BCUT2D eigenvalue weighted by Gasteiger charge is -2.13. The third kappa shape index (κ3) is 3.35. The van der Waals surface area contributed by atoms with Crippen LogP contribution in [-0.4, -0.2) is 9.55 Å². The number of nitrogens with zero attached hydrogens (tertiary/aromatic N) is 2. The molecular formula is C19H22ClN3. The second-order valence-corrected chi connectivity index (χ2v) is 6.75. The Morgan fingerprint density at radius 1 is 1.09 bits per heavy atom. The zero-order valence-electron chi connectivity index (χ0n) is 13.6. The highest BCUT2D eigenvalue weighted by Crippen LogP contribution is 2.26. The SMILES string of the molecule is CC(C)Cc1ccc(CCn2cnc(Cl)c2N)c2ccccc12. The summed E-state index contributed by atoms with van der Waals surface area (Å²) in [6, 6.07) is 13.2. The molecule has 0 bridgehead atoms. The van der Waals surface area contributed by atoms with Gasteiger partial charge in [0.15, 0.2) is 5.15 Å². The van der Waals surface area contributed by atoms with Crippen LogP contribution in [0.4, 0.5) is 5.82 Å². The molecule has 4 heteroatoms. The fraction of sp³-hybridized carbons (Fsp3) is 0.316. The molecule has 3 nitrogen and oxygen atoms in total. The Morgan fingerprint density at radius 3 is 2.35 bits per heavy atom. The van der Waals surface area contributed by atoms with Gasteiger partial charge in [-0.15, -0.1) is 0 Å². The Balaban J connectivity index is 1.91. The van der Waals surface area contributed by atoms with Crippen molar-refractivity contribution in [2.24, 2.45) is 5.92 Å². The molecule has 23 heavy (non-hydrogen) atoms. The Bertz CT molecular complexity index is 821. The molecule has 0 spiro atoms. The number of anilines is 1. The Kier molecular flexibility index (Phi) is 4.58. The highest BCUT2D eigenvalue weighted by atomic mass is 35.5. The van der Waals surface area contributed by atoms with Gasteiger partial charge in [0.25, 0.3) is 0 Å². The molecule has 1 heterocycles. The molecule has 0 fully saturated rings. The number of fused-ring (bicyclic) bond motifs is 1. The normalized spacial score (nSPS) is 11.5. The van der Waals surface area contributed by atoms with Crippen molar-refractivity contribution in [3.05, 3.63) is 59.0 Å². The zero-order valence-corrected chi connectivity index (χ0v) is 14.3. The van der Waals surface area contributed by atoms with Crippen molar-refractivity contribution in [3.8, 4) is 0 Å². The Morgan fingerprint density at radius 2 is 1.74 bits per heavy atom. The van der Waals surface area contributed by atoms with Crippen LogP contribution in [0, 0.1) is 5.92 Å². The lowest BCUT2D eigenvalue weighted by Crippen LogP contribution is -2.05. The maximum atomic E-state index is 5.93. The molecule has 0 unspecified atom stereocenters. The van der Waals surface area contributed by atoms with E-state index in [1.807, 2.05) is 4.57 Å². The van der Waals surface area contributed by atoms with Crippen LogP contribution in [0.3, 0.4) is 0 Å². The standard InChI is InChI=1S/C19H22ClN3/c1-13(2)11-15-8-7-14(16-5-3-4-6-17(15)16)9-10-23-12-22-18(20)19(23)21/h3-8,12-13H,9-11,21H2,1-2H3. The first-order valence-electron chi connectivity index (χ1n) is 8.02. The minimum Gasteiger partial charge on any atom is -0.382 e. The molecule has 2 aromatic carbocycles. The number of hydrogen-bond acceptors (Lipinski definition) is 2. The van der Waals surface area contributed by atoms with Gasteiger partial charge in [-0.05, 0) is 40.7 Å². The van der Waals surface area contributed by atoms with E-state index in [1.54, 1.807) is 6.33 Å². The second kappa shape index (κ2) is 6.63. The Labute approximate surface area is 142 Å². The summed E-state index contributed by atoms with van der Waals surface area (Å²) in [5.74, 6) is 1.18. The number of rotatable bonds is 5. The fourth-order valence-corrected chi connectivity index (χ4v) is 3.20. The van der Waals surface area contributed by atoms with Crippen LogP contribution in [0.5, 0.6) is 0 Å². The van der Waals surface area contributed by atoms with Gasteiger partial charge in [0, 0.05) is 6.54 Å². The monoisotopic (exact) mass is 327 g/mol. The van der Waals surface area contributed by atoms with Crippen molar-refractivity contribution in [3.63, 3.8) is 0 Å². The number of hydrogen-bond donors (Lipinski definition) is 1. The van der Waals surface area contributed by atoms with Crippen LogP contribution in [0.15, 0.2) is 42.7 Å². The van der Waals surface area contributed by atoms with Crippen LogP contribution in [0.25, 0.3) is 10.8 Å². The van der Waals surface area contributed by atoms with E-state index in [1.165, 1.54) is 21.9 Å². The maximum Gasteiger partial charge on any atom is 0.171 e. The highest BCUT2D eigenvalue weighted by molar-refractivity contribution is 6.31. The first kappa shape index (κ1) is 15.9. The number of nitrogen functional groups attached to an aromatic ring is 1. The largest absolute Gasteiger partial charge is 0.382 e. The van der Waals surface area contributed by atoms with Crippen LogP contribution in [0.2, 0.25) is 5.15 Å². The highest BCUT2D eigenvalue weighted by Gasteiger charge is 2.09. The lowest BCUT2D eigenvalue weighted by atomic mass is 9.93. The van der Waals surface area contributed by atoms with Gasteiger partial charge in [-0.3, -0.25) is 0 Å². The molecule has 0 atom stereocenters. The zero-order chi connectivity index (χ0) is 16.4. The molecular weight excluding hydrogens is 306 g/mol. The topological polar surface area (TPSA) is 43.8 Å². The molecule has 0 aliphatic carbocycles. The van der Waals surface area contributed by atoms with Crippen molar-refractivity contribution < 1.29 is 0 Å². The molecule has 0 radical (unpaired) electrons. The number of aromatic nitrogens is 2. The molecule has 0 aliphatic rings. The molecule has 0 aliphatic heterocycles. The van der Waals surface area contributed by atoms with Gasteiger partial charge < -0.3 is 10.3 Å². The van der Waals surface area contributed by atoms with Gasteiger partial charge >= 0.3 is 0 Å². The van der Waals surface area contributed by atoms with Gasteiger partial charge in [0.05, 0.1) is 6.33 Å². The number of halogens is 1. The Hall–Kier alpha value is -2.00. The third-order valence-corrected chi connectivity index (χ3v) is 4.48. The van der Waals surface area contributed by atoms with E-state index < -0.39 is 0 Å². The van der Waals surface area contributed by atoms with E-state index in [2.05, 4.69) is 55.2 Å². The van der Waals surface area contributed by atoms with E-state index in [-0.39, 0.29) is 0 Å². The number of nitrogens with two attached hydrogens (primary N) is 1. The van der Waals surface area contributed by atoms with E-state index in [0.717, 1.165) is 19.4 Å². The quantitative estimate of drug-likeness (QED) is 0.737. The third-order valence-electron chi connectivity index (χ3n) is 4.19. The minimum absolute atomic E-state index is 0.377. The van der Waals surface area contributed by atoms with Gasteiger partial charge in [0.2, 0.25) is 0 Å². The van der Waals surface area contributed by atoms with E-state index >= 15 is 0 Å². The van der Waals surface area contributed by atoms with Crippen molar-refractivity contribution in [1.29, 1.82) is 0 Å². The van der Waals surface area contributed by atoms with Crippen molar-refractivity contribution in [2.75, 3.05) is 5.73 Å². The van der Waals surface area contributed by atoms with Crippen molar-refractivity contribution >= 4 is 28.2 Å². The summed E-state index contributed by atoms with van der Waals surface area (Å²) in [5.41, 5.74) is 8.68. The van der Waals surface area contributed by atoms with Crippen LogP contribution in [-0.2, 0) is 19.4 Å². The van der Waals surface area contributed by atoms with Gasteiger partial charge in [-0.1, -0.05) is 61.8 Å². The average molecular weight is 328 g/mol. The van der Waals surface area contributed by atoms with Gasteiger partial charge in [-0.2, -0.15) is 0 Å². The molecule has 3 rings (SSSR count). The van der Waals surface area contributed by atoms with Gasteiger partial charge in [0.1, 0.15) is 5.82 Å². The van der Waals surface area contributed by atoms with E-state index in [0.29, 0.717) is 16.9 Å². The predicted molar refractivity (Wildman–Crippen MR) is 97.8 cm³/mol. The maximum absolute atomic E-state index is 5.93. The summed E-state index contributed by atoms with van der Waals surface area (Å²) in [5, 5.41) is 3.06. The molecule has 0 saturated heterocycles. The smallest absolute Gasteiger partial charge is 0.171 e. The summed E-state index contributed by atoms with van der Waals surface area (Å²) in [6.45, 7) is 5.29. The first-order chi connectivity index (χ1) is 11.1. The average Bonchev–Trinajstić information content (AvgIpc) is 2.85. The number of benzene rings is 2. The summed E-state index contributed by atoms with van der Waals surface area (Å²) >= 11 is 5.92. The molecule has 0 saturated carbocycles. The van der Waals surface area contributed by atoms with Crippen molar-refractivity contribution in [2.45, 2.75) is 33.2 Å². The fourth-order valence-electron chi connectivity index (χ4n) is 3.05. The van der Waals surface area contributed by atoms with Crippen LogP contribution >= 0.6 is 11.6 Å². The summed E-state index contributed by atoms with van der Waals surface area (Å²) in [7, 11) is 0. The summed E-state index contributed by atoms with van der Waals surface area (Å²) in [6.07, 6.45) is 3.71.